The summed E-state index contributed by atoms with van der Waals surface area (Å²) in [5.74, 6) is 16.8. The molecule has 8 fully saturated rings. The van der Waals surface area contributed by atoms with Crippen LogP contribution in [0.15, 0.2) is 170 Å². The van der Waals surface area contributed by atoms with Gasteiger partial charge in [0.25, 0.3) is 0 Å². The predicted molar refractivity (Wildman–Crippen MR) is 536 cm³/mol. The lowest BCUT2D eigenvalue weighted by Gasteiger charge is -2.38. The monoisotopic (exact) mass is 1690 g/mol. The highest BCUT2D eigenvalue weighted by Crippen LogP contribution is 2.49. The standard InChI is InChI=1S/C24H38.C22H34.C20H18O4.C19H36.C18H22.C17H32/c1-3-5-19-7-11-21(12-8-19)23-15-17-24(18-16-23)22-13-9-20(6-4-2)10-14-22;1-3-4-18-7-11-20(12-8-18)22-15-13-21(14-16-22)19-9-5-17(2)6-10-19;1-13(2)19(21)23-17-9-5-15(6-10-17)16-7-11-18(12-8-16)24-20(22)14(3)4;1-3-5-7-17-10-14-19(15-11-17)18-12-8-16(6-4-2)9-13-18;1-3-4-5-6-16-9-13-18(14-10-16)17-11-7-15(2)8-12-17;1-3-5-15-8-12-17(13-9-15)16-10-6-14(4-2)7-11-16/h7-8,11-12,20,22-24H,3-6,9-10,13-18H2,1-2H3;5-6,9-10,18,20-22H,3-4,7-8,11-16H2,1-2H3;5-12H,1,3H2,2,4H3;16-19H,3-15H2,1-2H3;7-14H,3-6H2,1-2H3;14-17H,3-13H2,1-2H3. The molecule has 0 spiro atoms. The SMILES string of the molecule is C=C(C)C(=O)Oc1ccc(-c2ccc(OC(=O)C(=C)C)cc2)cc1.CCCC1CCC(C2CCC(CC)CC2)CC1.CCCC1CCC(C2CCC(c3ccc(C)cc3)CC2)CC1.CCCCC1CCC(C2CCC(CCC)CC2)CC1.CCCCCc1ccc(-c2ccc(C)cc2)cc1.CCCc1ccc(C2CCC(C3CCC(CCC)CC3)CC2)cc1. The number of esters is 2. The van der Waals surface area contributed by atoms with Gasteiger partial charge >= 0.3 is 11.9 Å². The van der Waals surface area contributed by atoms with E-state index in [1.807, 2.05) is 24.3 Å². The molecule has 4 nitrogen and oxygen atoms in total. The van der Waals surface area contributed by atoms with Crippen molar-refractivity contribution in [2.75, 3.05) is 0 Å². The lowest BCUT2D eigenvalue weighted by atomic mass is 9.68. The van der Waals surface area contributed by atoms with E-state index in [2.05, 4.69) is 179 Å². The fourth-order valence-corrected chi connectivity index (χ4v) is 23.9. The van der Waals surface area contributed by atoms with Gasteiger partial charge in [-0.2, -0.15) is 0 Å². The molecule has 8 saturated carbocycles. The molecule has 124 heavy (non-hydrogen) atoms. The first kappa shape index (κ1) is 101. The zero-order chi connectivity index (χ0) is 88.2. The molecular weight excluding hydrogens is 1510 g/mol. The van der Waals surface area contributed by atoms with Crippen LogP contribution in [0.1, 0.15) is 423 Å². The molecule has 4 heteroatoms. The summed E-state index contributed by atoms with van der Waals surface area (Å²) < 4.78 is 10.3. The third-order valence-corrected chi connectivity index (χ3v) is 32.0. The Morgan fingerprint density at radius 1 is 0.266 bits per heavy atom. The number of unbranched alkanes of at least 4 members (excludes halogenated alkanes) is 3. The van der Waals surface area contributed by atoms with Crippen LogP contribution in [0, 0.1) is 96.7 Å². The van der Waals surface area contributed by atoms with Gasteiger partial charge in [0.05, 0.1) is 0 Å². The Labute approximate surface area is 762 Å². The molecule has 8 aliphatic carbocycles. The van der Waals surface area contributed by atoms with Crippen LogP contribution >= 0.6 is 0 Å². The maximum absolute atomic E-state index is 11.5. The topological polar surface area (TPSA) is 52.6 Å². The molecule has 0 saturated heterocycles. The normalized spacial score (nSPS) is 26.2. The van der Waals surface area contributed by atoms with Gasteiger partial charge < -0.3 is 9.47 Å². The van der Waals surface area contributed by atoms with E-state index in [0.717, 1.165) is 106 Å². The molecule has 0 radical (unpaired) electrons. The van der Waals surface area contributed by atoms with E-state index in [1.165, 1.54) is 265 Å². The van der Waals surface area contributed by atoms with Crippen LogP contribution in [-0.2, 0) is 22.4 Å². The summed E-state index contributed by atoms with van der Waals surface area (Å²) in [6, 6.07) is 50.9. The average molecular weight is 1690 g/mol. The average Bonchev–Trinajstić information content (AvgIpc) is 0.859. The highest BCUT2D eigenvalue weighted by atomic mass is 16.5. The molecule has 0 amide bonds. The maximum atomic E-state index is 11.5. The van der Waals surface area contributed by atoms with E-state index in [0.29, 0.717) is 22.6 Å². The maximum Gasteiger partial charge on any atom is 0.338 e. The van der Waals surface area contributed by atoms with Crippen molar-refractivity contribution < 1.29 is 19.1 Å². The van der Waals surface area contributed by atoms with Crippen molar-refractivity contribution in [3.8, 4) is 33.8 Å². The van der Waals surface area contributed by atoms with Crippen LogP contribution in [0.2, 0.25) is 0 Å². The number of benzene rings is 6. The number of ether oxygens (including phenoxy) is 2. The van der Waals surface area contributed by atoms with Crippen molar-refractivity contribution in [2.24, 2.45) is 82.9 Å². The summed E-state index contributed by atoms with van der Waals surface area (Å²) in [7, 11) is 0. The quantitative estimate of drug-likeness (QED) is 0.0195. The first-order valence-corrected chi connectivity index (χ1v) is 52.6. The molecule has 6 aromatic rings. The first-order chi connectivity index (χ1) is 60.4. The Morgan fingerprint density at radius 2 is 0.516 bits per heavy atom. The van der Waals surface area contributed by atoms with Gasteiger partial charge in [-0.15, -0.1) is 0 Å². The number of hydrogen-bond acceptors (Lipinski definition) is 4. The smallest absolute Gasteiger partial charge is 0.338 e. The van der Waals surface area contributed by atoms with E-state index in [9.17, 15) is 9.59 Å². The van der Waals surface area contributed by atoms with Crippen molar-refractivity contribution in [1.29, 1.82) is 0 Å². The van der Waals surface area contributed by atoms with Crippen molar-refractivity contribution in [3.63, 3.8) is 0 Å². The van der Waals surface area contributed by atoms with Gasteiger partial charge in [0, 0.05) is 11.1 Å². The van der Waals surface area contributed by atoms with E-state index in [4.69, 9.17) is 9.47 Å². The molecule has 14 rings (SSSR count). The van der Waals surface area contributed by atoms with Crippen LogP contribution in [-0.4, -0.2) is 11.9 Å². The Balaban J connectivity index is 0.000000169. The summed E-state index contributed by atoms with van der Waals surface area (Å²) in [6.07, 6.45) is 73.8. The van der Waals surface area contributed by atoms with Crippen molar-refractivity contribution >= 4 is 11.9 Å². The van der Waals surface area contributed by atoms with Crippen molar-refractivity contribution in [2.45, 2.75) is 416 Å². The Morgan fingerprint density at radius 3 is 0.798 bits per heavy atom. The van der Waals surface area contributed by atoms with Gasteiger partial charge in [-0.25, -0.2) is 9.59 Å². The summed E-state index contributed by atoms with van der Waals surface area (Å²) in [5.41, 5.74) is 14.1. The Kier molecular flexibility index (Phi) is 46.6. The van der Waals surface area contributed by atoms with Crippen LogP contribution in [0.3, 0.4) is 0 Å². The van der Waals surface area contributed by atoms with Crippen LogP contribution < -0.4 is 9.47 Å². The largest absolute Gasteiger partial charge is 0.423 e. The lowest BCUT2D eigenvalue weighted by Crippen LogP contribution is -2.25. The van der Waals surface area contributed by atoms with Gasteiger partial charge in [-0.1, -0.05) is 374 Å². The van der Waals surface area contributed by atoms with Crippen molar-refractivity contribution in [1.82, 2.24) is 0 Å². The Hall–Kier alpha value is -6.26. The second kappa shape index (κ2) is 56.9. The molecule has 0 unspecified atom stereocenters. The first-order valence-electron chi connectivity index (χ1n) is 52.6. The van der Waals surface area contributed by atoms with Gasteiger partial charge in [-0.3, -0.25) is 0 Å². The molecular formula is C120H180O4. The molecule has 0 N–H and O–H groups in total. The van der Waals surface area contributed by atoms with Crippen molar-refractivity contribution in [3.05, 3.63) is 203 Å². The number of carbonyl (C=O) groups excluding carboxylic acids is 2. The Bertz CT molecular complexity index is 3740. The van der Waals surface area contributed by atoms with E-state index >= 15 is 0 Å². The highest BCUT2D eigenvalue weighted by molar-refractivity contribution is 5.89. The third kappa shape index (κ3) is 35.3. The van der Waals surface area contributed by atoms with Gasteiger partial charge in [0.15, 0.2) is 0 Å². The minimum Gasteiger partial charge on any atom is -0.423 e. The van der Waals surface area contributed by atoms with Gasteiger partial charge in [0.2, 0.25) is 0 Å². The van der Waals surface area contributed by atoms with Gasteiger partial charge in [-0.05, 0) is 339 Å². The minimum absolute atomic E-state index is 0.346. The van der Waals surface area contributed by atoms with Crippen LogP contribution in [0.25, 0.3) is 22.3 Å². The summed E-state index contributed by atoms with van der Waals surface area (Å²) in [4.78, 5) is 22.9. The summed E-state index contributed by atoms with van der Waals surface area (Å²) in [5, 5.41) is 0. The summed E-state index contributed by atoms with van der Waals surface area (Å²) >= 11 is 0. The molecule has 0 atom stereocenters. The molecule has 8 aliphatic rings. The van der Waals surface area contributed by atoms with E-state index < -0.39 is 11.9 Å². The molecule has 0 aromatic heterocycles. The van der Waals surface area contributed by atoms with E-state index in [-0.39, 0.29) is 0 Å². The number of hydrogen-bond donors (Lipinski definition) is 0. The fourth-order valence-electron chi connectivity index (χ4n) is 23.9. The minimum atomic E-state index is -0.452. The molecule has 6 aromatic carbocycles. The van der Waals surface area contributed by atoms with Crippen LogP contribution in [0.4, 0.5) is 0 Å². The predicted octanol–water partition coefficient (Wildman–Crippen LogP) is 36.5. The third-order valence-electron chi connectivity index (χ3n) is 32.0. The second-order valence-electron chi connectivity index (χ2n) is 41.4. The number of carbonyl (C=O) groups is 2. The van der Waals surface area contributed by atoms with E-state index in [1.54, 1.807) is 139 Å². The lowest BCUT2D eigenvalue weighted by molar-refractivity contribution is -0.130. The van der Waals surface area contributed by atoms with Gasteiger partial charge in [0.1, 0.15) is 11.5 Å². The number of aryl methyl sites for hydroxylation is 4. The second-order valence-corrected chi connectivity index (χ2v) is 41.4. The number of rotatable bonds is 30. The molecule has 0 bridgehead atoms. The highest BCUT2D eigenvalue weighted by Gasteiger charge is 2.36. The van der Waals surface area contributed by atoms with Crippen LogP contribution in [0.5, 0.6) is 11.5 Å². The molecule has 684 valence electrons. The zero-order valence-electron chi connectivity index (χ0n) is 81.5. The molecule has 0 aliphatic heterocycles. The fraction of sp³-hybridized carbons (Fsp3) is 0.650. The zero-order valence-corrected chi connectivity index (χ0v) is 81.5. The molecule has 0 heterocycles. The summed E-state index contributed by atoms with van der Waals surface area (Å²) in [6.45, 7) is 33.2.